The van der Waals surface area contributed by atoms with Crippen LogP contribution in [0.3, 0.4) is 0 Å². The zero-order valence-corrected chi connectivity index (χ0v) is 15.1. The van der Waals surface area contributed by atoms with Crippen molar-refractivity contribution in [3.05, 3.63) is 23.8 Å². The van der Waals surface area contributed by atoms with E-state index in [2.05, 4.69) is 25.1 Å². The van der Waals surface area contributed by atoms with Crippen molar-refractivity contribution < 1.29 is 0 Å². The van der Waals surface area contributed by atoms with Crippen molar-refractivity contribution in [1.82, 2.24) is 0 Å². The molecule has 0 aliphatic heterocycles. The molecule has 0 radical (unpaired) electrons. The predicted molar refractivity (Wildman–Crippen MR) is 99.0 cm³/mol. The van der Waals surface area contributed by atoms with Gasteiger partial charge >= 0.3 is 0 Å². The van der Waals surface area contributed by atoms with Crippen LogP contribution in [-0.2, 0) is 0 Å². The lowest BCUT2D eigenvalue weighted by atomic mass is 9.72. The van der Waals surface area contributed by atoms with Crippen LogP contribution in [0.25, 0.3) is 0 Å². The summed E-state index contributed by atoms with van der Waals surface area (Å²) < 4.78 is 0. The summed E-state index contributed by atoms with van der Waals surface area (Å²) in [7, 11) is 0. The van der Waals surface area contributed by atoms with E-state index in [0.29, 0.717) is 5.92 Å². The van der Waals surface area contributed by atoms with Crippen molar-refractivity contribution in [2.45, 2.75) is 90.4 Å². The van der Waals surface area contributed by atoms with Gasteiger partial charge in [-0.05, 0) is 43.1 Å². The molecule has 128 valence electrons. The predicted octanol–water partition coefficient (Wildman–Crippen LogP) is 6.96. The van der Waals surface area contributed by atoms with Gasteiger partial charge in [-0.2, -0.15) is 5.26 Å². The fourth-order valence-electron chi connectivity index (χ4n) is 4.36. The summed E-state index contributed by atoms with van der Waals surface area (Å²) in [5.41, 5.74) is 0.855. The second-order valence-corrected chi connectivity index (χ2v) is 7.72. The molecule has 0 N–H and O–H groups in total. The Morgan fingerprint density at radius 1 is 1.00 bits per heavy atom. The molecule has 23 heavy (non-hydrogen) atoms. The molecule has 2 rings (SSSR count). The van der Waals surface area contributed by atoms with E-state index in [1.54, 1.807) is 0 Å². The van der Waals surface area contributed by atoms with E-state index in [1.165, 1.54) is 77.0 Å². The Kier molecular flexibility index (Phi) is 8.51. The second-order valence-electron chi connectivity index (χ2n) is 7.72. The molecule has 1 atom stereocenters. The number of nitrogens with zero attached hydrogens (tertiary/aromatic N) is 1. The number of unbranched alkanes of at least 4 members (excludes halogenated alkanes) is 6. The van der Waals surface area contributed by atoms with Crippen LogP contribution in [0.1, 0.15) is 90.4 Å². The topological polar surface area (TPSA) is 23.8 Å². The van der Waals surface area contributed by atoms with Crippen molar-refractivity contribution in [2.24, 2.45) is 17.8 Å². The van der Waals surface area contributed by atoms with Crippen LogP contribution in [0, 0.1) is 29.1 Å². The summed E-state index contributed by atoms with van der Waals surface area (Å²) in [6, 6.07) is 2.25. The number of hydrogen-bond donors (Lipinski definition) is 0. The summed E-state index contributed by atoms with van der Waals surface area (Å²) in [5, 5.41) is 8.92. The first-order chi connectivity index (χ1) is 11.3. The zero-order valence-electron chi connectivity index (χ0n) is 15.1. The van der Waals surface area contributed by atoms with Crippen LogP contribution in [-0.4, -0.2) is 0 Å². The van der Waals surface area contributed by atoms with Gasteiger partial charge in [0.25, 0.3) is 0 Å². The lowest BCUT2D eigenvalue weighted by Crippen LogP contribution is -2.21. The quantitative estimate of drug-likeness (QED) is 0.422. The summed E-state index contributed by atoms with van der Waals surface area (Å²) in [6.45, 7) is 2.29. The molecule has 1 saturated carbocycles. The van der Waals surface area contributed by atoms with Gasteiger partial charge in [0.05, 0.1) is 6.07 Å². The van der Waals surface area contributed by atoms with Gasteiger partial charge in [-0.25, -0.2) is 0 Å². The molecule has 2 aliphatic rings. The van der Waals surface area contributed by atoms with Crippen LogP contribution >= 0.6 is 0 Å². The van der Waals surface area contributed by atoms with Crippen molar-refractivity contribution in [3.63, 3.8) is 0 Å². The molecule has 1 nitrogen and oxygen atoms in total. The Morgan fingerprint density at radius 3 is 2.30 bits per heavy atom. The molecule has 0 bridgehead atoms. The molecule has 0 aromatic rings. The molecular weight excluding hydrogens is 278 g/mol. The van der Waals surface area contributed by atoms with Crippen LogP contribution in [0.2, 0.25) is 0 Å². The Balaban J connectivity index is 1.54. The first-order valence-electron chi connectivity index (χ1n) is 10.1. The number of allylic oxidation sites excluding steroid dienone is 4. The number of hydrogen-bond acceptors (Lipinski definition) is 1. The highest BCUT2D eigenvalue weighted by Crippen LogP contribution is 2.38. The standard InChI is InChI=1S/C22H35N/c1-2-3-4-5-6-7-8-9-19-10-14-21(15-11-19)22-16-12-20(18-23)13-17-22/h12-13,16,19,21-22H,2-11,14-15,17H2,1H3. The van der Waals surface area contributed by atoms with Gasteiger partial charge in [-0.15, -0.1) is 0 Å². The van der Waals surface area contributed by atoms with Crippen molar-refractivity contribution in [3.8, 4) is 6.07 Å². The molecule has 0 aromatic carbocycles. The Labute approximate surface area is 143 Å². The monoisotopic (exact) mass is 313 g/mol. The molecule has 0 heterocycles. The molecule has 1 heteroatoms. The third kappa shape index (κ3) is 6.54. The number of rotatable bonds is 9. The minimum absolute atomic E-state index is 0.701. The zero-order chi connectivity index (χ0) is 16.3. The fraction of sp³-hybridized carbons (Fsp3) is 0.773. The van der Waals surface area contributed by atoms with Crippen molar-refractivity contribution >= 4 is 0 Å². The highest BCUT2D eigenvalue weighted by atomic mass is 14.3. The fourth-order valence-corrected chi connectivity index (χ4v) is 4.36. The van der Waals surface area contributed by atoms with E-state index >= 15 is 0 Å². The van der Waals surface area contributed by atoms with E-state index in [4.69, 9.17) is 5.26 Å². The lowest BCUT2D eigenvalue weighted by molar-refractivity contribution is 0.218. The largest absolute Gasteiger partial charge is 0.192 e. The van der Waals surface area contributed by atoms with E-state index < -0.39 is 0 Å². The molecular formula is C22H35N. The van der Waals surface area contributed by atoms with Crippen molar-refractivity contribution in [1.29, 1.82) is 5.26 Å². The van der Waals surface area contributed by atoms with E-state index in [9.17, 15) is 0 Å². The maximum absolute atomic E-state index is 8.92. The lowest BCUT2D eigenvalue weighted by Gasteiger charge is -2.33. The SMILES string of the molecule is CCCCCCCCCC1CCC(C2C=CC(C#N)=CC2)CC1. The minimum atomic E-state index is 0.701. The van der Waals surface area contributed by atoms with Gasteiger partial charge in [0.15, 0.2) is 0 Å². The maximum atomic E-state index is 8.92. The average Bonchev–Trinajstić information content (AvgIpc) is 2.61. The summed E-state index contributed by atoms with van der Waals surface area (Å²) in [5.74, 6) is 2.57. The maximum Gasteiger partial charge on any atom is 0.0988 e. The molecule has 0 spiro atoms. The van der Waals surface area contributed by atoms with E-state index in [-0.39, 0.29) is 0 Å². The molecule has 1 fully saturated rings. The van der Waals surface area contributed by atoms with Gasteiger partial charge in [-0.1, -0.05) is 83.3 Å². The first-order valence-corrected chi connectivity index (χ1v) is 10.1. The van der Waals surface area contributed by atoms with Crippen LogP contribution in [0.5, 0.6) is 0 Å². The molecule has 0 amide bonds. The first kappa shape index (κ1) is 18.3. The van der Waals surface area contributed by atoms with Gasteiger partial charge < -0.3 is 0 Å². The van der Waals surface area contributed by atoms with E-state index in [0.717, 1.165) is 23.8 Å². The Bertz CT molecular complexity index is 418. The highest BCUT2D eigenvalue weighted by Gasteiger charge is 2.26. The molecule has 2 aliphatic carbocycles. The van der Waals surface area contributed by atoms with Gasteiger partial charge in [0.1, 0.15) is 0 Å². The average molecular weight is 314 g/mol. The van der Waals surface area contributed by atoms with Gasteiger partial charge in [0.2, 0.25) is 0 Å². The molecule has 1 unspecified atom stereocenters. The minimum Gasteiger partial charge on any atom is -0.192 e. The Morgan fingerprint density at radius 2 is 1.70 bits per heavy atom. The summed E-state index contributed by atoms with van der Waals surface area (Å²) in [4.78, 5) is 0. The second kappa shape index (κ2) is 10.7. The number of nitriles is 1. The third-order valence-electron chi connectivity index (χ3n) is 5.97. The van der Waals surface area contributed by atoms with Gasteiger partial charge in [-0.3, -0.25) is 0 Å². The Hall–Kier alpha value is -1.03. The normalized spacial score (nSPS) is 27.5. The summed E-state index contributed by atoms with van der Waals surface area (Å²) >= 11 is 0. The molecule has 0 aromatic heterocycles. The summed E-state index contributed by atoms with van der Waals surface area (Å²) in [6.07, 6.45) is 24.8. The van der Waals surface area contributed by atoms with Crippen molar-refractivity contribution in [2.75, 3.05) is 0 Å². The highest BCUT2D eigenvalue weighted by molar-refractivity contribution is 5.35. The van der Waals surface area contributed by atoms with Crippen LogP contribution < -0.4 is 0 Å². The van der Waals surface area contributed by atoms with E-state index in [1.807, 2.05) is 6.08 Å². The smallest absolute Gasteiger partial charge is 0.0988 e. The van der Waals surface area contributed by atoms with Crippen LogP contribution in [0.4, 0.5) is 0 Å². The molecule has 0 saturated heterocycles. The van der Waals surface area contributed by atoms with Crippen LogP contribution in [0.15, 0.2) is 23.8 Å². The third-order valence-corrected chi connectivity index (χ3v) is 5.97. The van der Waals surface area contributed by atoms with Gasteiger partial charge in [0, 0.05) is 5.57 Å².